The highest BCUT2D eigenvalue weighted by Crippen LogP contribution is 2.35. The number of alkyl halides is 3. The Morgan fingerprint density at radius 1 is 1.00 bits per heavy atom. The number of pyridine rings is 1. The fourth-order valence-corrected chi connectivity index (χ4v) is 5.80. The van der Waals surface area contributed by atoms with Gasteiger partial charge in [0.1, 0.15) is 6.54 Å². The Labute approximate surface area is 260 Å². The Bertz CT molecular complexity index is 1950. The molecule has 1 aromatic carbocycles. The molecule has 0 fully saturated rings. The number of anilines is 1. The zero-order valence-electron chi connectivity index (χ0n) is 24.3. The monoisotopic (exact) mass is 636 g/mol. The predicted molar refractivity (Wildman–Crippen MR) is 162 cm³/mol. The molecule has 1 aliphatic rings. The number of hydrogen-bond donors (Lipinski definition) is 1. The van der Waals surface area contributed by atoms with Crippen molar-refractivity contribution in [3.63, 3.8) is 0 Å². The van der Waals surface area contributed by atoms with E-state index in [0.29, 0.717) is 63.7 Å². The fourth-order valence-electron chi connectivity index (χ4n) is 5.63. The SMILES string of the molecule is C[C@@H]1CCCC(n2cnc(-c3cc(Cl)ccc3-c3cnn(CC(F)(F)F)c3)cc2=O)c2cc(ccn2)-c2c(cnn2C)NC1=O. The molecule has 5 heterocycles. The lowest BCUT2D eigenvalue weighted by Gasteiger charge is -2.22. The number of carbonyl (C=O) groups excluding carboxylic acids is 1. The minimum Gasteiger partial charge on any atom is -0.323 e. The van der Waals surface area contributed by atoms with E-state index in [4.69, 9.17) is 11.6 Å². The summed E-state index contributed by atoms with van der Waals surface area (Å²) < 4.78 is 42.8. The molecule has 5 aromatic rings. The van der Waals surface area contributed by atoms with Crippen molar-refractivity contribution in [1.82, 2.24) is 34.1 Å². The maximum absolute atomic E-state index is 13.7. The van der Waals surface area contributed by atoms with Gasteiger partial charge >= 0.3 is 6.18 Å². The molecule has 6 rings (SSSR count). The zero-order chi connectivity index (χ0) is 31.9. The summed E-state index contributed by atoms with van der Waals surface area (Å²) >= 11 is 6.30. The van der Waals surface area contributed by atoms with E-state index in [0.717, 1.165) is 10.2 Å². The van der Waals surface area contributed by atoms with Gasteiger partial charge in [0.25, 0.3) is 5.56 Å². The van der Waals surface area contributed by atoms with E-state index in [1.54, 1.807) is 42.3 Å². The van der Waals surface area contributed by atoms with Gasteiger partial charge in [-0.3, -0.25) is 28.5 Å². The van der Waals surface area contributed by atoms with Crippen molar-refractivity contribution in [2.24, 2.45) is 13.0 Å². The summed E-state index contributed by atoms with van der Waals surface area (Å²) in [5, 5.41) is 11.5. The first-order valence-corrected chi connectivity index (χ1v) is 14.6. The molecule has 2 atom stereocenters. The molecular weight excluding hydrogens is 609 g/mol. The number of hydrogen-bond acceptors (Lipinski definition) is 6. The van der Waals surface area contributed by atoms with Crippen molar-refractivity contribution in [2.45, 2.75) is 44.9 Å². The Hall–Kier alpha value is -4.78. The Morgan fingerprint density at radius 2 is 1.82 bits per heavy atom. The van der Waals surface area contributed by atoms with Crippen LogP contribution in [-0.2, 0) is 18.4 Å². The van der Waals surface area contributed by atoms with Crippen LogP contribution in [0.25, 0.3) is 33.6 Å². The number of carbonyl (C=O) groups is 1. The molecule has 0 saturated heterocycles. The lowest BCUT2D eigenvalue weighted by molar-refractivity contribution is -0.142. The normalized spacial score (nSPS) is 17.2. The van der Waals surface area contributed by atoms with Crippen LogP contribution < -0.4 is 10.9 Å². The quantitative estimate of drug-likeness (QED) is 0.254. The number of benzene rings is 1. The Balaban J connectivity index is 1.40. The highest BCUT2D eigenvalue weighted by Gasteiger charge is 2.29. The topological polar surface area (TPSA) is 113 Å². The third kappa shape index (κ3) is 6.39. The van der Waals surface area contributed by atoms with Gasteiger partial charge < -0.3 is 5.32 Å². The van der Waals surface area contributed by atoms with Crippen LogP contribution >= 0.6 is 11.6 Å². The van der Waals surface area contributed by atoms with Crippen LogP contribution in [-0.4, -0.2) is 46.2 Å². The first-order valence-electron chi connectivity index (χ1n) is 14.2. The fraction of sp³-hybridized carbons (Fsp3) is 0.290. The number of halogens is 4. The van der Waals surface area contributed by atoms with E-state index in [-0.39, 0.29) is 17.4 Å². The second-order valence-electron chi connectivity index (χ2n) is 11.1. The van der Waals surface area contributed by atoms with Gasteiger partial charge in [-0.1, -0.05) is 31.0 Å². The smallest absolute Gasteiger partial charge is 0.323 e. The largest absolute Gasteiger partial charge is 0.408 e. The predicted octanol–water partition coefficient (Wildman–Crippen LogP) is 6.13. The van der Waals surface area contributed by atoms with Crippen molar-refractivity contribution in [3.8, 4) is 33.6 Å². The third-order valence-corrected chi connectivity index (χ3v) is 8.10. The summed E-state index contributed by atoms with van der Waals surface area (Å²) in [4.78, 5) is 35.9. The molecule has 4 aromatic heterocycles. The van der Waals surface area contributed by atoms with E-state index in [2.05, 4.69) is 25.5 Å². The molecular formula is C31H28ClF3N8O2. The van der Waals surface area contributed by atoms with Gasteiger partial charge in [-0.2, -0.15) is 23.4 Å². The number of aromatic nitrogens is 7. The van der Waals surface area contributed by atoms with E-state index in [1.807, 2.05) is 19.1 Å². The van der Waals surface area contributed by atoms with Gasteiger partial charge in [-0.25, -0.2) is 4.98 Å². The van der Waals surface area contributed by atoms with Crippen molar-refractivity contribution >= 4 is 23.2 Å². The van der Waals surface area contributed by atoms with Gasteiger partial charge in [-0.15, -0.1) is 0 Å². The Morgan fingerprint density at radius 3 is 2.60 bits per heavy atom. The van der Waals surface area contributed by atoms with E-state index in [1.165, 1.54) is 29.4 Å². The molecule has 1 unspecified atom stereocenters. The molecule has 1 N–H and O–H groups in total. The number of amides is 1. The number of nitrogens with zero attached hydrogens (tertiary/aromatic N) is 7. The summed E-state index contributed by atoms with van der Waals surface area (Å²) in [5.74, 6) is -0.386. The second-order valence-corrected chi connectivity index (χ2v) is 11.5. The average molecular weight is 637 g/mol. The Kier molecular flexibility index (Phi) is 8.04. The highest BCUT2D eigenvalue weighted by molar-refractivity contribution is 6.31. The number of fused-ring (bicyclic) bond motifs is 4. The third-order valence-electron chi connectivity index (χ3n) is 7.87. The summed E-state index contributed by atoms with van der Waals surface area (Å²) in [6, 6.07) is 9.49. The minimum atomic E-state index is -4.43. The molecule has 0 aliphatic carbocycles. The molecule has 1 aliphatic heterocycles. The molecule has 1 amide bonds. The molecule has 2 bridgehead atoms. The van der Waals surface area contributed by atoms with Crippen LogP contribution in [0.4, 0.5) is 18.9 Å². The first kappa shape index (κ1) is 30.3. The van der Waals surface area contributed by atoms with Gasteiger partial charge in [0.05, 0.1) is 47.5 Å². The lowest BCUT2D eigenvalue weighted by Crippen LogP contribution is -2.27. The van der Waals surface area contributed by atoms with Crippen LogP contribution in [0, 0.1) is 5.92 Å². The molecule has 0 saturated carbocycles. The summed E-state index contributed by atoms with van der Waals surface area (Å²) in [6.07, 6.45) is 4.67. The molecule has 0 spiro atoms. The number of rotatable bonds is 4. The first-order chi connectivity index (χ1) is 21.5. The van der Waals surface area contributed by atoms with Gasteiger partial charge in [0.15, 0.2) is 0 Å². The van der Waals surface area contributed by atoms with Gasteiger partial charge in [0.2, 0.25) is 5.91 Å². The average Bonchev–Trinajstić information content (AvgIpc) is 3.59. The van der Waals surface area contributed by atoms with Gasteiger partial charge in [0, 0.05) is 53.1 Å². The summed E-state index contributed by atoms with van der Waals surface area (Å²) in [5.41, 5.74) is 4.10. The molecule has 0 radical (unpaired) electrons. The van der Waals surface area contributed by atoms with Crippen LogP contribution in [0.5, 0.6) is 0 Å². The van der Waals surface area contributed by atoms with Crippen LogP contribution in [0.2, 0.25) is 5.02 Å². The summed E-state index contributed by atoms with van der Waals surface area (Å²) in [6.45, 7) is 0.633. The highest BCUT2D eigenvalue weighted by atomic mass is 35.5. The van der Waals surface area contributed by atoms with Crippen LogP contribution in [0.3, 0.4) is 0 Å². The summed E-state index contributed by atoms with van der Waals surface area (Å²) in [7, 11) is 1.79. The van der Waals surface area contributed by atoms with Crippen molar-refractivity contribution in [1.29, 1.82) is 0 Å². The van der Waals surface area contributed by atoms with Crippen LogP contribution in [0.15, 0.2) is 72.3 Å². The van der Waals surface area contributed by atoms with E-state index < -0.39 is 18.8 Å². The zero-order valence-corrected chi connectivity index (χ0v) is 25.0. The maximum Gasteiger partial charge on any atom is 0.408 e. The van der Waals surface area contributed by atoms with Gasteiger partial charge in [-0.05, 0) is 42.7 Å². The van der Waals surface area contributed by atoms with E-state index >= 15 is 0 Å². The maximum atomic E-state index is 13.7. The van der Waals surface area contributed by atoms with Crippen molar-refractivity contribution in [3.05, 3.63) is 88.6 Å². The van der Waals surface area contributed by atoms with Crippen molar-refractivity contribution in [2.75, 3.05) is 5.32 Å². The molecule has 45 heavy (non-hydrogen) atoms. The van der Waals surface area contributed by atoms with E-state index in [9.17, 15) is 22.8 Å². The standard InChI is InChI=1S/C31H28ClF3N8O2/c1-18-4-3-5-27(25-10-19(8-9-36-25)29-26(40-30(18)45)14-38-41(29)2)43-17-37-24(12-28(43)44)23-11-21(32)6-7-22(23)20-13-39-42(15-20)16-31(33,34)35/h6-15,17-18,27H,3-5,16H2,1-2H3,(H,40,45)/t18-,27?/m1/s1. The number of nitrogens with one attached hydrogen (secondary N) is 1. The van der Waals surface area contributed by atoms with Crippen molar-refractivity contribution < 1.29 is 18.0 Å². The molecule has 232 valence electrons. The minimum absolute atomic E-state index is 0.111. The van der Waals surface area contributed by atoms with Crippen LogP contribution in [0.1, 0.15) is 37.9 Å². The molecule has 14 heteroatoms. The lowest BCUT2D eigenvalue weighted by atomic mass is 9.96. The molecule has 10 nitrogen and oxygen atoms in total. The number of aryl methyl sites for hydroxylation is 1. The second kappa shape index (κ2) is 12.0.